The number of fused-ring (bicyclic) bond motifs is 1. The zero-order valence-corrected chi connectivity index (χ0v) is 16.4. The number of carbonyl (C=O) groups is 1. The van der Waals surface area contributed by atoms with Crippen molar-refractivity contribution in [3.8, 4) is 5.69 Å². The summed E-state index contributed by atoms with van der Waals surface area (Å²) >= 11 is 19.9. The Hall–Kier alpha value is -1.66. The van der Waals surface area contributed by atoms with Gasteiger partial charge in [-0.2, -0.15) is 16.9 Å². The molecule has 1 aliphatic heterocycles. The zero-order valence-electron chi connectivity index (χ0n) is 13.3. The molecule has 26 heavy (non-hydrogen) atoms. The smallest absolute Gasteiger partial charge is 0.256 e. The highest BCUT2D eigenvalue weighted by Gasteiger charge is 2.25. The lowest BCUT2D eigenvalue weighted by Gasteiger charge is -2.12. The zero-order chi connectivity index (χ0) is 18.3. The van der Waals surface area contributed by atoms with E-state index in [1.807, 2.05) is 18.2 Å². The Bertz CT molecular complexity index is 999. The molecule has 8 heteroatoms. The van der Waals surface area contributed by atoms with Crippen molar-refractivity contribution in [3.63, 3.8) is 0 Å². The van der Waals surface area contributed by atoms with Crippen molar-refractivity contribution in [1.29, 1.82) is 0 Å². The molecule has 2 heterocycles. The standard InChI is InChI=1S/C18H12Cl3N3OS/c19-11-2-1-3-14(7-11)24-17(15-8-26-9-16(15)23-24)22-18(25)10-4-12(20)6-13(21)5-10/h1-7H,8-9H2,(H,22,25). The minimum Gasteiger partial charge on any atom is -0.306 e. The summed E-state index contributed by atoms with van der Waals surface area (Å²) in [6.45, 7) is 0. The second kappa shape index (κ2) is 7.16. The molecule has 0 unspecified atom stereocenters. The highest BCUT2D eigenvalue weighted by molar-refractivity contribution is 7.98. The van der Waals surface area contributed by atoms with Crippen LogP contribution in [0.2, 0.25) is 15.1 Å². The Morgan fingerprint density at radius 1 is 1.04 bits per heavy atom. The molecule has 1 amide bonds. The van der Waals surface area contributed by atoms with E-state index in [4.69, 9.17) is 34.8 Å². The van der Waals surface area contributed by atoms with Crippen molar-refractivity contribution in [1.82, 2.24) is 9.78 Å². The van der Waals surface area contributed by atoms with Crippen LogP contribution in [0.4, 0.5) is 5.82 Å². The number of amides is 1. The predicted octanol–water partition coefficient (Wildman–Crippen LogP) is 5.83. The number of anilines is 1. The maximum absolute atomic E-state index is 12.8. The van der Waals surface area contributed by atoms with Crippen LogP contribution < -0.4 is 5.32 Å². The average molecular weight is 425 g/mol. The molecule has 0 atom stereocenters. The Morgan fingerprint density at radius 2 is 1.81 bits per heavy atom. The average Bonchev–Trinajstić information content (AvgIpc) is 3.16. The van der Waals surface area contributed by atoms with Gasteiger partial charge in [-0.15, -0.1) is 0 Å². The number of thioether (sulfide) groups is 1. The molecule has 0 bridgehead atoms. The molecule has 1 aliphatic rings. The van der Waals surface area contributed by atoms with E-state index in [0.717, 1.165) is 28.5 Å². The number of rotatable bonds is 3. The molecule has 1 aromatic heterocycles. The molecular weight excluding hydrogens is 413 g/mol. The van der Waals surface area contributed by atoms with Gasteiger partial charge in [-0.05, 0) is 36.4 Å². The molecule has 0 fully saturated rings. The van der Waals surface area contributed by atoms with Crippen molar-refractivity contribution in [2.75, 3.05) is 5.32 Å². The second-order valence-electron chi connectivity index (χ2n) is 5.77. The maximum Gasteiger partial charge on any atom is 0.256 e. The second-order valence-corrected chi connectivity index (χ2v) is 8.07. The van der Waals surface area contributed by atoms with Crippen LogP contribution in [0.15, 0.2) is 42.5 Å². The summed E-state index contributed by atoms with van der Waals surface area (Å²) in [5.74, 6) is 1.96. The molecule has 0 radical (unpaired) electrons. The third-order valence-electron chi connectivity index (χ3n) is 3.96. The monoisotopic (exact) mass is 423 g/mol. The van der Waals surface area contributed by atoms with Crippen LogP contribution in [0.25, 0.3) is 5.69 Å². The first-order valence-electron chi connectivity index (χ1n) is 7.73. The third-order valence-corrected chi connectivity index (χ3v) is 5.60. The van der Waals surface area contributed by atoms with E-state index in [2.05, 4.69) is 10.4 Å². The van der Waals surface area contributed by atoms with Gasteiger partial charge in [-0.3, -0.25) is 4.79 Å². The number of hydrogen-bond donors (Lipinski definition) is 1. The van der Waals surface area contributed by atoms with E-state index in [1.54, 1.807) is 40.7 Å². The SMILES string of the molecule is O=C(Nc1c2c(nn1-c1cccc(Cl)c1)CSC2)c1cc(Cl)cc(Cl)c1. The van der Waals surface area contributed by atoms with E-state index in [9.17, 15) is 4.79 Å². The van der Waals surface area contributed by atoms with Crippen LogP contribution in [0.1, 0.15) is 21.6 Å². The lowest BCUT2D eigenvalue weighted by atomic mass is 10.2. The predicted molar refractivity (Wildman–Crippen MR) is 108 cm³/mol. The van der Waals surface area contributed by atoms with Gasteiger partial charge in [0, 0.05) is 37.7 Å². The van der Waals surface area contributed by atoms with Crippen LogP contribution in [-0.2, 0) is 11.5 Å². The summed E-state index contributed by atoms with van der Waals surface area (Å²) in [6, 6.07) is 12.1. The molecule has 0 saturated carbocycles. The maximum atomic E-state index is 12.8. The normalized spacial score (nSPS) is 12.9. The molecule has 2 aromatic carbocycles. The van der Waals surface area contributed by atoms with Gasteiger partial charge >= 0.3 is 0 Å². The number of carbonyl (C=O) groups excluding carboxylic acids is 1. The number of halogens is 3. The summed E-state index contributed by atoms with van der Waals surface area (Å²) < 4.78 is 1.72. The van der Waals surface area contributed by atoms with E-state index in [0.29, 0.717) is 26.4 Å². The highest BCUT2D eigenvalue weighted by atomic mass is 35.5. The van der Waals surface area contributed by atoms with Crippen LogP contribution >= 0.6 is 46.6 Å². The van der Waals surface area contributed by atoms with Crippen molar-refractivity contribution >= 4 is 58.3 Å². The summed E-state index contributed by atoms with van der Waals surface area (Å²) in [4.78, 5) is 12.8. The molecule has 0 aliphatic carbocycles. The van der Waals surface area contributed by atoms with Gasteiger partial charge in [0.1, 0.15) is 5.82 Å². The number of aromatic nitrogens is 2. The summed E-state index contributed by atoms with van der Waals surface area (Å²) in [7, 11) is 0. The quantitative estimate of drug-likeness (QED) is 0.575. The van der Waals surface area contributed by atoms with E-state index in [1.165, 1.54) is 0 Å². The topological polar surface area (TPSA) is 46.9 Å². The molecule has 132 valence electrons. The van der Waals surface area contributed by atoms with Crippen molar-refractivity contribution in [2.45, 2.75) is 11.5 Å². The molecule has 4 nitrogen and oxygen atoms in total. The lowest BCUT2D eigenvalue weighted by molar-refractivity contribution is 0.102. The molecule has 4 rings (SSSR count). The van der Waals surface area contributed by atoms with Gasteiger partial charge in [0.25, 0.3) is 5.91 Å². The van der Waals surface area contributed by atoms with Crippen LogP contribution in [-0.4, -0.2) is 15.7 Å². The fraction of sp³-hybridized carbons (Fsp3) is 0.111. The summed E-state index contributed by atoms with van der Waals surface area (Å²) in [6.07, 6.45) is 0. The van der Waals surface area contributed by atoms with Gasteiger partial charge < -0.3 is 5.32 Å². The third kappa shape index (κ3) is 3.45. The largest absolute Gasteiger partial charge is 0.306 e. The van der Waals surface area contributed by atoms with E-state index >= 15 is 0 Å². The number of benzene rings is 2. The number of nitrogens with one attached hydrogen (secondary N) is 1. The van der Waals surface area contributed by atoms with Gasteiger partial charge in [-0.25, -0.2) is 4.68 Å². The van der Waals surface area contributed by atoms with Crippen molar-refractivity contribution < 1.29 is 4.79 Å². The molecular formula is C18H12Cl3N3OS. The van der Waals surface area contributed by atoms with Gasteiger partial charge in [0.15, 0.2) is 0 Å². The first-order valence-corrected chi connectivity index (χ1v) is 10.0. The van der Waals surface area contributed by atoms with E-state index in [-0.39, 0.29) is 5.91 Å². The summed E-state index contributed by atoms with van der Waals surface area (Å²) in [5.41, 5.74) is 3.17. The Balaban J connectivity index is 1.75. The Kier molecular flexibility index (Phi) is 4.88. The van der Waals surface area contributed by atoms with Crippen LogP contribution in [0, 0.1) is 0 Å². The van der Waals surface area contributed by atoms with Gasteiger partial charge in [0.2, 0.25) is 0 Å². The van der Waals surface area contributed by atoms with Gasteiger partial charge in [-0.1, -0.05) is 40.9 Å². The Morgan fingerprint density at radius 3 is 2.54 bits per heavy atom. The first-order chi connectivity index (χ1) is 12.5. The molecule has 0 saturated heterocycles. The summed E-state index contributed by atoms with van der Waals surface area (Å²) in [5, 5.41) is 9.04. The van der Waals surface area contributed by atoms with Crippen LogP contribution in [0.5, 0.6) is 0 Å². The molecule has 1 N–H and O–H groups in total. The van der Waals surface area contributed by atoms with Gasteiger partial charge in [0.05, 0.1) is 11.4 Å². The number of hydrogen-bond acceptors (Lipinski definition) is 3. The first kappa shape index (κ1) is 17.7. The minimum atomic E-state index is -0.294. The van der Waals surface area contributed by atoms with E-state index < -0.39 is 0 Å². The Labute approximate surface area is 169 Å². The van der Waals surface area contributed by atoms with Crippen molar-refractivity contribution in [3.05, 3.63) is 74.4 Å². The fourth-order valence-corrected chi connectivity index (χ4v) is 4.55. The minimum absolute atomic E-state index is 0.294. The fourth-order valence-electron chi connectivity index (χ4n) is 2.80. The van der Waals surface area contributed by atoms with Crippen molar-refractivity contribution in [2.24, 2.45) is 0 Å². The van der Waals surface area contributed by atoms with Crippen LogP contribution in [0.3, 0.4) is 0 Å². The molecule has 0 spiro atoms. The molecule has 3 aromatic rings. The highest BCUT2D eigenvalue weighted by Crippen LogP contribution is 2.36. The number of nitrogens with zero attached hydrogens (tertiary/aromatic N) is 2. The lowest BCUT2D eigenvalue weighted by Crippen LogP contribution is -2.16.